The normalized spacial score (nSPS) is 32.0. The zero-order valence-corrected chi connectivity index (χ0v) is 34.2. The summed E-state index contributed by atoms with van der Waals surface area (Å²) in [6.07, 6.45) is 55.1. The SMILES string of the molecule is CC(C)(C1CCC([Si](C2CCCCC2)(C2CCCCC2)C2CCCCC2)CC1)[Si](C1CCCCC1)(C1CCCCC1)C1CCCCC1. The van der Waals surface area contributed by atoms with Gasteiger partial charge in [0.05, 0.1) is 16.1 Å². The molecule has 0 amide bonds. The highest BCUT2D eigenvalue weighted by Crippen LogP contribution is 2.71. The van der Waals surface area contributed by atoms with Gasteiger partial charge in [0.2, 0.25) is 0 Å². The summed E-state index contributed by atoms with van der Waals surface area (Å²) in [5, 5.41) is 0.661. The van der Waals surface area contributed by atoms with Crippen LogP contribution in [-0.2, 0) is 0 Å². The third-order valence-corrected chi connectivity index (χ3v) is 34.7. The van der Waals surface area contributed by atoms with Gasteiger partial charge in [-0.25, -0.2) is 0 Å². The van der Waals surface area contributed by atoms with Crippen LogP contribution in [0.1, 0.15) is 232 Å². The van der Waals surface area contributed by atoms with E-state index in [1.54, 1.807) is 218 Å². The molecular weight excluding hydrogens is 597 g/mol. The van der Waals surface area contributed by atoms with Crippen LogP contribution in [0.2, 0.25) is 43.8 Å². The van der Waals surface area contributed by atoms with Crippen LogP contribution in [0.3, 0.4) is 0 Å². The van der Waals surface area contributed by atoms with Crippen molar-refractivity contribution in [3.05, 3.63) is 0 Å². The maximum Gasteiger partial charge on any atom is 0.0688 e. The minimum Gasteiger partial charge on any atom is -0.0620 e. The van der Waals surface area contributed by atoms with Crippen LogP contribution in [0.15, 0.2) is 0 Å². The maximum atomic E-state index is 3.02. The van der Waals surface area contributed by atoms with Gasteiger partial charge in [0, 0.05) is 0 Å². The Kier molecular flexibility index (Phi) is 12.5. The molecule has 0 saturated heterocycles. The molecule has 0 atom stereocenters. The summed E-state index contributed by atoms with van der Waals surface area (Å²) in [4.78, 5) is 0. The third kappa shape index (κ3) is 6.88. The number of rotatable bonds is 9. The molecule has 7 fully saturated rings. The largest absolute Gasteiger partial charge is 0.0688 e. The number of hydrogen-bond acceptors (Lipinski definition) is 0. The summed E-state index contributed by atoms with van der Waals surface area (Å²) in [7, 11) is -2.97. The van der Waals surface area contributed by atoms with Crippen molar-refractivity contribution in [3.8, 4) is 0 Å². The van der Waals surface area contributed by atoms with E-state index in [-0.39, 0.29) is 0 Å². The summed E-state index contributed by atoms with van der Waals surface area (Å²) in [6, 6.07) is 0. The highest BCUT2D eigenvalue weighted by atomic mass is 28.3. The molecule has 0 aliphatic heterocycles. The zero-order valence-electron chi connectivity index (χ0n) is 32.2. The quantitative estimate of drug-likeness (QED) is 0.213. The van der Waals surface area contributed by atoms with Gasteiger partial charge < -0.3 is 0 Å². The third-order valence-electron chi connectivity index (χ3n) is 18.3. The second-order valence-electron chi connectivity index (χ2n) is 20.2. The predicted molar refractivity (Wildman–Crippen MR) is 212 cm³/mol. The van der Waals surface area contributed by atoms with Gasteiger partial charge in [-0.15, -0.1) is 0 Å². The second kappa shape index (κ2) is 16.4. The summed E-state index contributed by atoms with van der Waals surface area (Å²) < 4.78 is 0. The molecule has 7 aliphatic carbocycles. The zero-order chi connectivity index (χ0) is 32.2. The van der Waals surface area contributed by atoms with E-state index in [1.165, 1.54) is 38.8 Å². The fourth-order valence-electron chi connectivity index (χ4n) is 16.8. The topological polar surface area (TPSA) is 0 Å². The number of hydrogen-bond donors (Lipinski definition) is 0. The van der Waals surface area contributed by atoms with Crippen LogP contribution in [0.5, 0.6) is 0 Å². The van der Waals surface area contributed by atoms with E-state index in [0.717, 1.165) is 5.92 Å². The van der Waals surface area contributed by atoms with Crippen LogP contribution < -0.4 is 0 Å². The van der Waals surface area contributed by atoms with Gasteiger partial charge in [-0.3, -0.25) is 0 Å². The molecule has 7 aliphatic rings. The summed E-state index contributed by atoms with van der Waals surface area (Å²) >= 11 is 0. The fourth-order valence-corrected chi connectivity index (χ4v) is 36.6. The van der Waals surface area contributed by atoms with Crippen molar-refractivity contribution >= 4 is 16.1 Å². The Balaban J connectivity index is 1.21. The Morgan fingerprint density at radius 3 is 0.787 bits per heavy atom. The van der Waals surface area contributed by atoms with Crippen molar-refractivity contribution < 1.29 is 0 Å². The van der Waals surface area contributed by atoms with E-state index in [0.29, 0.717) is 5.04 Å². The fraction of sp³-hybridized carbons (Fsp3) is 1.00. The lowest BCUT2D eigenvalue weighted by atomic mass is 9.80. The van der Waals surface area contributed by atoms with Gasteiger partial charge in [0.15, 0.2) is 0 Å². The summed E-state index contributed by atoms with van der Waals surface area (Å²) in [5.41, 5.74) is 8.40. The Morgan fingerprint density at radius 1 is 0.277 bits per heavy atom. The average Bonchev–Trinajstić information content (AvgIpc) is 3.15. The van der Waals surface area contributed by atoms with Gasteiger partial charge in [-0.2, -0.15) is 0 Å². The van der Waals surface area contributed by atoms with Gasteiger partial charge in [0.25, 0.3) is 0 Å². The predicted octanol–water partition coefficient (Wildman–Crippen LogP) is 16.2. The van der Waals surface area contributed by atoms with Gasteiger partial charge >= 0.3 is 0 Å². The van der Waals surface area contributed by atoms with Crippen molar-refractivity contribution in [1.82, 2.24) is 0 Å². The molecule has 270 valence electrons. The van der Waals surface area contributed by atoms with Crippen LogP contribution in [-0.4, -0.2) is 16.1 Å². The van der Waals surface area contributed by atoms with Crippen molar-refractivity contribution in [3.63, 3.8) is 0 Å². The molecule has 0 N–H and O–H groups in total. The molecule has 7 rings (SSSR count). The highest BCUT2D eigenvalue weighted by Gasteiger charge is 2.63. The first-order chi connectivity index (χ1) is 23.1. The summed E-state index contributed by atoms with van der Waals surface area (Å²) in [5.74, 6) is 1.06. The molecule has 47 heavy (non-hydrogen) atoms. The van der Waals surface area contributed by atoms with Crippen LogP contribution in [0.4, 0.5) is 0 Å². The van der Waals surface area contributed by atoms with E-state index in [2.05, 4.69) is 13.8 Å². The van der Waals surface area contributed by atoms with Crippen molar-refractivity contribution in [2.24, 2.45) is 5.92 Å². The molecule has 0 radical (unpaired) electrons. The monoisotopic (exact) mass is 679 g/mol. The minimum atomic E-state index is -1.56. The van der Waals surface area contributed by atoms with E-state index in [9.17, 15) is 0 Å². The molecule has 0 aromatic carbocycles. The van der Waals surface area contributed by atoms with E-state index < -0.39 is 16.1 Å². The first-order valence-corrected chi connectivity index (χ1v) is 27.6. The molecule has 2 heteroatoms. The average molecular weight is 679 g/mol. The molecule has 7 saturated carbocycles. The smallest absolute Gasteiger partial charge is 0.0620 e. The molecule has 0 nitrogen and oxygen atoms in total. The Bertz CT molecular complexity index is 819. The minimum absolute atomic E-state index is 0.661. The summed E-state index contributed by atoms with van der Waals surface area (Å²) in [6.45, 7) is 6.05. The standard InChI is InChI=1S/C45H82Si2/c1-45(2,47(42-27-15-6-16-28-42,43-29-17-7-18-30-43)44-31-19-8-20-32-44)37-33-35-41(36-34-37)46(38-21-9-3-10-22-38,39-23-11-4-12-24-39)40-25-13-5-14-26-40/h37-44H,3-36H2,1-2H3. The van der Waals surface area contributed by atoms with Gasteiger partial charge in [0.1, 0.15) is 0 Å². The lowest BCUT2D eigenvalue weighted by molar-refractivity contribution is 0.252. The van der Waals surface area contributed by atoms with Crippen LogP contribution >= 0.6 is 0 Å². The first kappa shape index (κ1) is 35.8. The van der Waals surface area contributed by atoms with Gasteiger partial charge in [-0.1, -0.05) is 232 Å². The molecule has 0 spiro atoms. The second-order valence-corrected chi connectivity index (χ2v) is 31.1. The maximum absolute atomic E-state index is 3.02. The van der Waals surface area contributed by atoms with E-state index in [1.807, 2.05) is 0 Å². The lowest BCUT2D eigenvalue weighted by Gasteiger charge is -2.64. The Morgan fingerprint density at radius 2 is 0.511 bits per heavy atom. The van der Waals surface area contributed by atoms with Crippen molar-refractivity contribution in [2.75, 3.05) is 0 Å². The van der Waals surface area contributed by atoms with Crippen molar-refractivity contribution in [1.29, 1.82) is 0 Å². The molecular formula is C45H82Si2. The molecule has 0 aromatic rings. The Hall–Kier alpha value is 0.434. The Labute approximate surface area is 297 Å². The highest BCUT2D eigenvalue weighted by molar-refractivity contribution is 6.87. The van der Waals surface area contributed by atoms with Gasteiger partial charge in [-0.05, 0) is 49.7 Å². The van der Waals surface area contributed by atoms with E-state index in [4.69, 9.17) is 0 Å². The first-order valence-electron chi connectivity index (χ1n) is 23.1. The van der Waals surface area contributed by atoms with Crippen molar-refractivity contribution in [2.45, 2.75) is 276 Å². The lowest BCUT2D eigenvalue weighted by Crippen LogP contribution is -2.61. The molecule has 0 heterocycles. The van der Waals surface area contributed by atoms with E-state index >= 15 is 0 Å². The van der Waals surface area contributed by atoms with Crippen LogP contribution in [0.25, 0.3) is 0 Å². The molecule has 0 bridgehead atoms. The van der Waals surface area contributed by atoms with Crippen LogP contribution in [0, 0.1) is 5.92 Å². The molecule has 0 aromatic heterocycles. The molecule has 0 unspecified atom stereocenters.